The van der Waals surface area contributed by atoms with Crippen LogP contribution in [0.1, 0.15) is 45.1 Å². The van der Waals surface area contributed by atoms with E-state index >= 15 is 0 Å². The van der Waals surface area contributed by atoms with Crippen molar-refractivity contribution in [2.75, 3.05) is 13.1 Å². The van der Waals surface area contributed by atoms with E-state index < -0.39 is 0 Å². The van der Waals surface area contributed by atoms with Crippen LogP contribution in [0.5, 0.6) is 0 Å². The topological polar surface area (TPSA) is 67.5 Å². The number of hydrogen-bond acceptors (Lipinski definition) is 3. The molecule has 3 heterocycles. The monoisotopic (exact) mass is 391 g/mol. The third-order valence-electron chi connectivity index (χ3n) is 5.51. The Morgan fingerprint density at radius 1 is 0.966 bits per heavy atom. The van der Waals surface area contributed by atoms with Crippen LogP contribution < -0.4 is 5.32 Å². The van der Waals surface area contributed by atoms with Gasteiger partial charge in [0, 0.05) is 41.8 Å². The van der Waals surface area contributed by atoms with Crippen LogP contribution in [-0.2, 0) is 0 Å². The molecule has 1 saturated heterocycles. The van der Waals surface area contributed by atoms with Gasteiger partial charge in [0.1, 0.15) is 0 Å². The molecule has 0 bridgehead atoms. The van der Waals surface area contributed by atoms with Crippen molar-refractivity contribution < 1.29 is 14.0 Å². The van der Waals surface area contributed by atoms with Gasteiger partial charge in [-0.05, 0) is 75.2 Å². The summed E-state index contributed by atoms with van der Waals surface area (Å²) in [4.78, 5) is 26.7. The minimum Gasteiger partial charge on any atom is -0.459 e. The van der Waals surface area contributed by atoms with Crippen LogP contribution in [0, 0.1) is 13.8 Å². The van der Waals surface area contributed by atoms with E-state index in [1.54, 1.807) is 17.0 Å². The Morgan fingerprint density at radius 3 is 2.21 bits per heavy atom. The number of carbonyl (C=O) groups is 2. The Labute approximate surface area is 170 Å². The predicted octanol–water partition coefficient (Wildman–Crippen LogP) is 3.72. The molecular formula is C23H25N3O3. The van der Waals surface area contributed by atoms with Crippen molar-refractivity contribution in [3.63, 3.8) is 0 Å². The first-order valence-electron chi connectivity index (χ1n) is 9.92. The van der Waals surface area contributed by atoms with Crippen LogP contribution in [0.4, 0.5) is 0 Å². The number of nitrogens with zero attached hydrogens (tertiary/aromatic N) is 2. The number of carbonyl (C=O) groups excluding carboxylic acids is 2. The van der Waals surface area contributed by atoms with Gasteiger partial charge >= 0.3 is 0 Å². The molecular weight excluding hydrogens is 366 g/mol. The smallest absolute Gasteiger partial charge is 0.289 e. The number of nitrogens with one attached hydrogen (secondary N) is 1. The SMILES string of the molecule is Cc1ccc(C)n1-c1ccc(C(=O)NC2CCN(C(=O)c3ccco3)CC2)cc1. The van der Waals surface area contributed by atoms with Crippen molar-refractivity contribution in [3.05, 3.63) is 77.5 Å². The first kappa shape index (κ1) is 19.1. The Hall–Kier alpha value is -3.28. The van der Waals surface area contributed by atoms with Crippen molar-refractivity contribution in [2.45, 2.75) is 32.7 Å². The van der Waals surface area contributed by atoms with Crippen LogP contribution in [0.2, 0.25) is 0 Å². The molecule has 2 amide bonds. The fourth-order valence-electron chi connectivity index (χ4n) is 3.89. The largest absolute Gasteiger partial charge is 0.459 e. The van der Waals surface area contributed by atoms with E-state index in [0.29, 0.717) is 24.4 Å². The molecule has 1 N–H and O–H groups in total. The lowest BCUT2D eigenvalue weighted by atomic mass is 10.0. The van der Waals surface area contributed by atoms with Gasteiger partial charge in [0.15, 0.2) is 5.76 Å². The van der Waals surface area contributed by atoms with Gasteiger partial charge in [0.25, 0.3) is 11.8 Å². The molecule has 0 unspecified atom stereocenters. The lowest BCUT2D eigenvalue weighted by Gasteiger charge is -2.31. The molecule has 150 valence electrons. The molecule has 3 aromatic rings. The van der Waals surface area contributed by atoms with Crippen molar-refractivity contribution in [1.29, 1.82) is 0 Å². The molecule has 0 radical (unpaired) electrons. The van der Waals surface area contributed by atoms with E-state index in [1.165, 1.54) is 6.26 Å². The lowest BCUT2D eigenvalue weighted by molar-refractivity contribution is 0.0667. The minimum absolute atomic E-state index is 0.0664. The molecule has 4 rings (SSSR count). The molecule has 0 aliphatic carbocycles. The molecule has 6 nitrogen and oxygen atoms in total. The first-order valence-corrected chi connectivity index (χ1v) is 9.92. The summed E-state index contributed by atoms with van der Waals surface area (Å²) in [6.07, 6.45) is 2.97. The average Bonchev–Trinajstić information content (AvgIpc) is 3.38. The Kier molecular flexibility index (Phi) is 5.25. The van der Waals surface area contributed by atoms with Crippen molar-refractivity contribution in [1.82, 2.24) is 14.8 Å². The zero-order valence-corrected chi connectivity index (χ0v) is 16.7. The van der Waals surface area contributed by atoms with E-state index in [2.05, 4.69) is 35.9 Å². The van der Waals surface area contributed by atoms with Crippen molar-refractivity contribution >= 4 is 11.8 Å². The Morgan fingerprint density at radius 2 is 1.62 bits per heavy atom. The highest BCUT2D eigenvalue weighted by Crippen LogP contribution is 2.18. The third kappa shape index (κ3) is 3.97. The summed E-state index contributed by atoms with van der Waals surface area (Å²) >= 11 is 0. The number of rotatable bonds is 4. The molecule has 29 heavy (non-hydrogen) atoms. The second-order valence-electron chi connectivity index (χ2n) is 7.52. The summed E-state index contributed by atoms with van der Waals surface area (Å²) in [7, 11) is 0. The number of piperidine rings is 1. The highest BCUT2D eigenvalue weighted by Gasteiger charge is 2.26. The quantitative estimate of drug-likeness (QED) is 0.737. The zero-order chi connectivity index (χ0) is 20.4. The Balaban J connectivity index is 1.34. The van der Waals surface area contributed by atoms with E-state index in [0.717, 1.165) is 29.9 Å². The lowest BCUT2D eigenvalue weighted by Crippen LogP contribution is -2.46. The summed E-state index contributed by atoms with van der Waals surface area (Å²) in [5.74, 6) is 0.194. The predicted molar refractivity (Wildman–Crippen MR) is 110 cm³/mol. The number of aromatic nitrogens is 1. The maximum atomic E-state index is 12.6. The van der Waals surface area contributed by atoms with Gasteiger partial charge < -0.3 is 19.2 Å². The second-order valence-corrected chi connectivity index (χ2v) is 7.52. The minimum atomic E-state index is -0.0917. The van der Waals surface area contributed by atoms with Gasteiger partial charge in [0.2, 0.25) is 0 Å². The number of amides is 2. The van der Waals surface area contributed by atoms with Crippen molar-refractivity contribution in [2.24, 2.45) is 0 Å². The summed E-state index contributed by atoms with van der Waals surface area (Å²) in [6.45, 7) is 5.35. The fraction of sp³-hybridized carbons (Fsp3) is 0.304. The summed E-state index contributed by atoms with van der Waals surface area (Å²) in [5.41, 5.74) is 4.02. The maximum absolute atomic E-state index is 12.6. The van der Waals surface area contributed by atoms with Crippen LogP contribution >= 0.6 is 0 Å². The van der Waals surface area contributed by atoms with Crippen LogP contribution in [0.25, 0.3) is 5.69 Å². The first-order chi connectivity index (χ1) is 14.0. The van der Waals surface area contributed by atoms with E-state index in [9.17, 15) is 9.59 Å². The van der Waals surface area contributed by atoms with Gasteiger partial charge in [-0.25, -0.2) is 0 Å². The number of benzene rings is 1. The molecule has 0 saturated carbocycles. The molecule has 2 aromatic heterocycles. The normalized spacial score (nSPS) is 14.8. The maximum Gasteiger partial charge on any atom is 0.289 e. The number of hydrogen-bond donors (Lipinski definition) is 1. The van der Waals surface area contributed by atoms with Crippen LogP contribution in [0.15, 0.2) is 59.2 Å². The van der Waals surface area contributed by atoms with Gasteiger partial charge in [-0.3, -0.25) is 9.59 Å². The van der Waals surface area contributed by atoms with E-state index in [4.69, 9.17) is 4.42 Å². The van der Waals surface area contributed by atoms with Crippen LogP contribution in [-0.4, -0.2) is 40.4 Å². The average molecular weight is 391 g/mol. The second kappa shape index (κ2) is 7.99. The van der Waals surface area contributed by atoms with E-state index in [-0.39, 0.29) is 17.9 Å². The fourth-order valence-corrected chi connectivity index (χ4v) is 3.89. The molecule has 0 spiro atoms. The van der Waals surface area contributed by atoms with Crippen LogP contribution in [0.3, 0.4) is 0 Å². The highest BCUT2D eigenvalue weighted by molar-refractivity contribution is 5.94. The highest BCUT2D eigenvalue weighted by atomic mass is 16.3. The molecule has 1 aliphatic rings. The standard InChI is InChI=1S/C23H25N3O3/c1-16-5-6-17(2)26(16)20-9-7-18(8-10-20)22(27)24-19-11-13-25(14-12-19)23(28)21-4-3-15-29-21/h3-10,15,19H,11-14H2,1-2H3,(H,24,27). The molecule has 1 aromatic carbocycles. The van der Waals surface area contributed by atoms with Gasteiger partial charge in [-0.1, -0.05) is 0 Å². The van der Waals surface area contributed by atoms with Gasteiger partial charge in [0.05, 0.1) is 6.26 Å². The summed E-state index contributed by atoms with van der Waals surface area (Å²) in [6, 6.07) is 15.3. The third-order valence-corrected chi connectivity index (χ3v) is 5.51. The number of aryl methyl sites for hydroxylation is 2. The number of furan rings is 1. The molecule has 0 atom stereocenters. The molecule has 1 aliphatic heterocycles. The summed E-state index contributed by atoms with van der Waals surface area (Å²) < 4.78 is 7.35. The Bertz CT molecular complexity index is 975. The van der Waals surface area contributed by atoms with Crippen molar-refractivity contribution in [3.8, 4) is 5.69 Å². The summed E-state index contributed by atoms with van der Waals surface area (Å²) in [5, 5.41) is 3.10. The molecule has 6 heteroatoms. The number of likely N-dealkylation sites (tertiary alicyclic amines) is 1. The zero-order valence-electron chi connectivity index (χ0n) is 16.7. The van der Waals surface area contributed by atoms with Gasteiger partial charge in [-0.2, -0.15) is 0 Å². The molecule has 1 fully saturated rings. The van der Waals surface area contributed by atoms with Gasteiger partial charge in [-0.15, -0.1) is 0 Å². The van der Waals surface area contributed by atoms with E-state index in [1.807, 2.05) is 24.3 Å².